The molecule has 0 aliphatic carbocycles. The lowest BCUT2D eigenvalue weighted by Gasteiger charge is -2.04. The average Bonchev–Trinajstić information content (AvgIpc) is 2.39. The van der Waals surface area contributed by atoms with E-state index < -0.39 is 16.8 Å². The Morgan fingerprint density at radius 2 is 1.84 bits per heavy atom. The predicted octanol–water partition coefficient (Wildman–Crippen LogP) is 3.00. The van der Waals surface area contributed by atoms with Crippen LogP contribution in [0.25, 0.3) is 0 Å². The number of aryl methyl sites for hydroxylation is 1. The van der Waals surface area contributed by atoms with Crippen LogP contribution >= 0.6 is 0 Å². The van der Waals surface area contributed by atoms with Gasteiger partial charge in [-0.2, -0.15) is 0 Å². The predicted molar refractivity (Wildman–Crippen MR) is 74.7 cm³/mol. The maximum atomic E-state index is 12.2. The van der Waals surface area contributed by atoms with Gasteiger partial charge in [0.2, 0.25) is 0 Å². The molecule has 0 radical (unpaired) electrons. The third-order valence-corrected chi connectivity index (χ3v) is 4.13. The van der Waals surface area contributed by atoms with Crippen LogP contribution in [0.2, 0.25) is 0 Å². The van der Waals surface area contributed by atoms with Crippen LogP contribution in [0.1, 0.15) is 21.5 Å². The SMILES string of the molecule is Cc1cccc(S(=O)Cc2ccc(C(=O)O)cc2)c1. The van der Waals surface area contributed by atoms with Gasteiger partial charge in [-0.25, -0.2) is 4.79 Å². The minimum Gasteiger partial charge on any atom is -0.478 e. The van der Waals surface area contributed by atoms with Crippen LogP contribution in [0.3, 0.4) is 0 Å². The number of hydrogen-bond acceptors (Lipinski definition) is 2. The molecular weight excluding hydrogens is 260 g/mol. The van der Waals surface area contributed by atoms with Crippen molar-refractivity contribution < 1.29 is 14.1 Å². The van der Waals surface area contributed by atoms with Crippen LogP contribution in [0.5, 0.6) is 0 Å². The number of carbonyl (C=O) groups is 1. The van der Waals surface area contributed by atoms with Crippen molar-refractivity contribution in [2.45, 2.75) is 17.6 Å². The van der Waals surface area contributed by atoms with Crippen LogP contribution in [0.15, 0.2) is 53.4 Å². The summed E-state index contributed by atoms with van der Waals surface area (Å²) in [6, 6.07) is 14.1. The zero-order chi connectivity index (χ0) is 13.8. The minimum atomic E-state index is -1.11. The van der Waals surface area contributed by atoms with Gasteiger partial charge in [-0.15, -0.1) is 0 Å². The van der Waals surface area contributed by atoms with Crippen LogP contribution in [-0.4, -0.2) is 15.3 Å². The zero-order valence-corrected chi connectivity index (χ0v) is 11.3. The summed E-state index contributed by atoms with van der Waals surface area (Å²) < 4.78 is 12.2. The van der Waals surface area contributed by atoms with Gasteiger partial charge in [-0.05, 0) is 42.3 Å². The van der Waals surface area contributed by atoms with Gasteiger partial charge < -0.3 is 5.11 Å². The monoisotopic (exact) mass is 274 g/mol. The molecule has 0 amide bonds. The lowest BCUT2D eigenvalue weighted by atomic mass is 10.1. The molecule has 0 saturated carbocycles. The summed E-state index contributed by atoms with van der Waals surface area (Å²) in [5.74, 6) is -0.560. The second-order valence-electron chi connectivity index (χ2n) is 4.31. The Morgan fingerprint density at radius 1 is 1.16 bits per heavy atom. The van der Waals surface area contributed by atoms with Crippen molar-refractivity contribution in [2.75, 3.05) is 0 Å². The Labute approximate surface area is 114 Å². The second kappa shape index (κ2) is 5.80. The fourth-order valence-corrected chi connectivity index (χ4v) is 2.94. The van der Waals surface area contributed by atoms with Crippen LogP contribution in [0.4, 0.5) is 0 Å². The molecule has 19 heavy (non-hydrogen) atoms. The van der Waals surface area contributed by atoms with E-state index in [1.54, 1.807) is 12.1 Å². The molecule has 2 aromatic rings. The molecule has 0 bridgehead atoms. The fraction of sp³-hybridized carbons (Fsp3) is 0.133. The number of aromatic carboxylic acids is 1. The molecule has 0 fully saturated rings. The average molecular weight is 274 g/mol. The first-order valence-corrected chi connectivity index (χ1v) is 7.15. The lowest BCUT2D eigenvalue weighted by Crippen LogP contribution is -1.99. The van der Waals surface area contributed by atoms with E-state index in [9.17, 15) is 9.00 Å². The highest BCUT2D eigenvalue weighted by atomic mass is 32.2. The van der Waals surface area contributed by atoms with E-state index in [1.807, 2.05) is 31.2 Å². The molecule has 0 spiro atoms. The minimum absolute atomic E-state index is 0.241. The van der Waals surface area contributed by atoms with E-state index in [0.29, 0.717) is 5.75 Å². The van der Waals surface area contributed by atoms with Crippen LogP contribution in [0, 0.1) is 6.92 Å². The summed E-state index contributed by atoms with van der Waals surface area (Å²) in [6.07, 6.45) is 0. The van der Waals surface area contributed by atoms with E-state index in [2.05, 4.69) is 0 Å². The summed E-state index contributed by atoms with van der Waals surface area (Å²) >= 11 is 0. The topological polar surface area (TPSA) is 54.4 Å². The first-order chi connectivity index (χ1) is 9.06. The first-order valence-electron chi connectivity index (χ1n) is 5.83. The fourth-order valence-electron chi connectivity index (χ4n) is 1.74. The highest BCUT2D eigenvalue weighted by molar-refractivity contribution is 7.84. The molecule has 0 aromatic heterocycles. The Bertz CT molecular complexity index is 618. The molecular formula is C15H14O3S. The van der Waals surface area contributed by atoms with Crippen molar-refractivity contribution in [1.29, 1.82) is 0 Å². The molecule has 98 valence electrons. The standard InChI is InChI=1S/C15H14O3S/c1-11-3-2-4-14(9-11)19(18)10-12-5-7-13(8-6-12)15(16)17/h2-9H,10H2,1H3,(H,16,17). The Kier molecular flexibility index (Phi) is 4.12. The third-order valence-electron chi connectivity index (χ3n) is 2.75. The van der Waals surface area contributed by atoms with E-state index in [1.165, 1.54) is 12.1 Å². The summed E-state index contributed by atoms with van der Waals surface area (Å²) in [5, 5.41) is 8.81. The van der Waals surface area contributed by atoms with E-state index in [-0.39, 0.29) is 5.56 Å². The number of carboxylic acid groups (broad SMARTS) is 1. The van der Waals surface area contributed by atoms with Gasteiger partial charge in [0.05, 0.1) is 22.1 Å². The van der Waals surface area contributed by atoms with Crippen molar-refractivity contribution >= 4 is 16.8 Å². The van der Waals surface area contributed by atoms with Crippen LogP contribution < -0.4 is 0 Å². The van der Waals surface area contributed by atoms with Crippen LogP contribution in [-0.2, 0) is 16.6 Å². The number of carboxylic acids is 1. The van der Waals surface area contributed by atoms with Gasteiger partial charge in [0.15, 0.2) is 0 Å². The molecule has 2 aromatic carbocycles. The number of benzene rings is 2. The quantitative estimate of drug-likeness (QED) is 0.932. The van der Waals surface area contributed by atoms with Gasteiger partial charge in [0.25, 0.3) is 0 Å². The second-order valence-corrected chi connectivity index (χ2v) is 5.76. The Balaban J connectivity index is 2.13. The summed E-state index contributed by atoms with van der Waals surface area (Å²) in [6.45, 7) is 1.96. The summed E-state index contributed by atoms with van der Waals surface area (Å²) in [7, 11) is -1.11. The summed E-state index contributed by atoms with van der Waals surface area (Å²) in [4.78, 5) is 11.5. The van der Waals surface area contributed by atoms with E-state index >= 15 is 0 Å². The number of hydrogen-bond donors (Lipinski definition) is 1. The molecule has 0 aliphatic rings. The van der Waals surface area contributed by atoms with Crippen molar-refractivity contribution in [3.05, 3.63) is 65.2 Å². The van der Waals surface area contributed by atoms with Gasteiger partial charge in [-0.3, -0.25) is 4.21 Å². The van der Waals surface area contributed by atoms with Gasteiger partial charge in [0.1, 0.15) is 0 Å². The normalized spacial score (nSPS) is 12.1. The highest BCUT2D eigenvalue weighted by Gasteiger charge is 2.07. The van der Waals surface area contributed by atoms with E-state index in [4.69, 9.17) is 5.11 Å². The van der Waals surface area contributed by atoms with Crippen molar-refractivity contribution in [3.8, 4) is 0 Å². The smallest absolute Gasteiger partial charge is 0.335 e. The Hall–Kier alpha value is -1.94. The van der Waals surface area contributed by atoms with Gasteiger partial charge in [-0.1, -0.05) is 24.3 Å². The van der Waals surface area contributed by atoms with Crippen molar-refractivity contribution in [1.82, 2.24) is 0 Å². The maximum absolute atomic E-state index is 12.2. The molecule has 0 heterocycles. The first kappa shape index (κ1) is 13.5. The third kappa shape index (κ3) is 3.51. The molecule has 0 aliphatic heterocycles. The molecule has 3 nitrogen and oxygen atoms in total. The number of rotatable bonds is 4. The largest absolute Gasteiger partial charge is 0.478 e. The zero-order valence-electron chi connectivity index (χ0n) is 10.5. The molecule has 2 rings (SSSR count). The maximum Gasteiger partial charge on any atom is 0.335 e. The molecule has 4 heteroatoms. The van der Waals surface area contributed by atoms with Crippen molar-refractivity contribution in [2.24, 2.45) is 0 Å². The van der Waals surface area contributed by atoms with Gasteiger partial charge in [0, 0.05) is 4.90 Å². The van der Waals surface area contributed by atoms with E-state index in [0.717, 1.165) is 16.0 Å². The molecule has 1 N–H and O–H groups in total. The molecule has 1 atom stereocenters. The molecule has 1 unspecified atom stereocenters. The van der Waals surface area contributed by atoms with Gasteiger partial charge >= 0.3 is 5.97 Å². The highest BCUT2D eigenvalue weighted by Crippen LogP contribution is 2.14. The lowest BCUT2D eigenvalue weighted by molar-refractivity contribution is 0.0697. The molecule has 0 saturated heterocycles. The summed E-state index contributed by atoms with van der Waals surface area (Å²) in [5.41, 5.74) is 2.18. The van der Waals surface area contributed by atoms with Crippen molar-refractivity contribution in [3.63, 3.8) is 0 Å². The Morgan fingerprint density at radius 3 is 2.42 bits per heavy atom.